The van der Waals surface area contributed by atoms with E-state index in [1.165, 1.54) is 12.1 Å². The van der Waals surface area contributed by atoms with Crippen LogP contribution in [0.2, 0.25) is 5.02 Å². The Balaban J connectivity index is 2.17. The molecule has 0 unspecified atom stereocenters. The van der Waals surface area contributed by atoms with E-state index in [0.29, 0.717) is 27.6 Å². The van der Waals surface area contributed by atoms with E-state index < -0.39 is 5.97 Å². The third-order valence-corrected chi connectivity index (χ3v) is 3.72. The van der Waals surface area contributed by atoms with Crippen LogP contribution in [0.4, 0.5) is 0 Å². The molecule has 0 fully saturated rings. The molecule has 0 radical (unpaired) electrons. The molecule has 1 aromatic heterocycles. The van der Waals surface area contributed by atoms with Crippen LogP contribution >= 0.6 is 27.5 Å². The maximum atomic E-state index is 10.9. The van der Waals surface area contributed by atoms with Gasteiger partial charge in [-0.3, -0.25) is 0 Å². The average molecular weight is 353 g/mol. The third-order valence-electron chi connectivity index (χ3n) is 2.79. The summed E-state index contributed by atoms with van der Waals surface area (Å²) in [5.41, 5.74) is 1.90. The van der Waals surface area contributed by atoms with Gasteiger partial charge in [-0.05, 0) is 52.3 Å². The minimum Gasteiger partial charge on any atom is -0.478 e. The topological polar surface area (TPSA) is 63.3 Å². The highest BCUT2D eigenvalue weighted by Gasteiger charge is 2.13. The fraction of sp³-hybridized carbons (Fsp3) is 0. The molecule has 0 aliphatic heterocycles. The quantitative estimate of drug-likeness (QED) is 0.731. The maximum Gasteiger partial charge on any atom is 0.335 e. The van der Waals surface area contributed by atoms with Crippen molar-refractivity contribution in [3.05, 3.63) is 51.5 Å². The Bertz CT molecular complexity index is 828. The summed E-state index contributed by atoms with van der Waals surface area (Å²) in [7, 11) is 0. The molecule has 0 bridgehead atoms. The summed E-state index contributed by atoms with van der Waals surface area (Å²) in [6, 6.07) is 9.83. The van der Waals surface area contributed by atoms with Gasteiger partial charge in [0.25, 0.3) is 0 Å². The van der Waals surface area contributed by atoms with E-state index in [0.717, 1.165) is 4.47 Å². The van der Waals surface area contributed by atoms with Crippen molar-refractivity contribution in [2.24, 2.45) is 0 Å². The van der Waals surface area contributed by atoms with Crippen LogP contribution in [0.5, 0.6) is 0 Å². The summed E-state index contributed by atoms with van der Waals surface area (Å²) < 4.78 is 6.43. The molecule has 3 aromatic rings. The summed E-state index contributed by atoms with van der Waals surface area (Å²) in [5.74, 6) is -0.614. The van der Waals surface area contributed by atoms with Gasteiger partial charge in [-0.15, -0.1) is 0 Å². The number of carbonyl (C=O) groups is 1. The summed E-state index contributed by atoms with van der Waals surface area (Å²) in [6.07, 6.45) is 0. The van der Waals surface area contributed by atoms with Crippen LogP contribution in [0.15, 0.2) is 45.3 Å². The van der Waals surface area contributed by atoms with Crippen LogP contribution in [-0.2, 0) is 0 Å². The summed E-state index contributed by atoms with van der Waals surface area (Å²) in [4.78, 5) is 15.2. The third kappa shape index (κ3) is 2.30. The van der Waals surface area contributed by atoms with Crippen LogP contribution in [0, 0.1) is 0 Å². The predicted octanol–water partition coefficient (Wildman–Crippen LogP) is 4.61. The lowest BCUT2D eigenvalue weighted by Crippen LogP contribution is -1.94. The first-order valence-corrected chi connectivity index (χ1v) is 6.81. The van der Waals surface area contributed by atoms with E-state index in [1.807, 2.05) is 0 Å². The lowest BCUT2D eigenvalue weighted by Gasteiger charge is -1.99. The molecule has 1 heterocycles. The number of hydrogen-bond donors (Lipinski definition) is 1. The van der Waals surface area contributed by atoms with Gasteiger partial charge in [0.05, 0.1) is 11.1 Å². The van der Waals surface area contributed by atoms with Gasteiger partial charge in [-0.25, -0.2) is 9.78 Å². The lowest BCUT2D eigenvalue weighted by atomic mass is 10.2. The van der Waals surface area contributed by atoms with Gasteiger partial charge >= 0.3 is 5.97 Å². The molecule has 6 heteroatoms. The van der Waals surface area contributed by atoms with Gasteiger partial charge < -0.3 is 9.52 Å². The second-order valence-electron chi connectivity index (χ2n) is 4.13. The van der Waals surface area contributed by atoms with Crippen LogP contribution < -0.4 is 0 Å². The van der Waals surface area contributed by atoms with Crippen molar-refractivity contribution in [1.82, 2.24) is 4.98 Å². The molecule has 0 aliphatic carbocycles. The molecule has 0 amide bonds. The molecule has 0 atom stereocenters. The van der Waals surface area contributed by atoms with Crippen molar-refractivity contribution in [3.63, 3.8) is 0 Å². The largest absolute Gasteiger partial charge is 0.478 e. The summed E-state index contributed by atoms with van der Waals surface area (Å²) in [5, 5.41) is 9.53. The number of carboxylic acids is 1. The minimum atomic E-state index is -1.000. The van der Waals surface area contributed by atoms with Crippen molar-refractivity contribution >= 4 is 44.6 Å². The smallest absolute Gasteiger partial charge is 0.335 e. The number of rotatable bonds is 2. The number of hydrogen-bond acceptors (Lipinski definition) is 3. The number of oxazole rings is 1. The van der Waals surface area contributed by atoms with Crippen LogP contribution in [-0.4, -0.2) is 16.1 Å². The van der Waals surface area contributed by atoms with Crippen molar-refractivity contribution in [1.29, 1.82) is 0 Å². The van der Waals surface area contributed by atoms with Crippen molar-refractivity contribution in [2.45, 2.75) is 0 Å². The van der Waals surface area contributed by atoms with Gasteiger partial charge in [-0.2, -0.15) is 0 Å². The highest BCUT2D eigenvalue weighted by atomic mass is 79.9. The van der Waals surface area contributed by atoms with E-state index in [4.69, 9.17) is 21.1 Å². The van der Waals surface area contributed by atoms with Gasteiger partial charge in [-0.1, -0.05) is 11.6 Å². The number of benzene rings is 2. The number of nitrogens with zero attached hydrogens (tertiary/aromatic N) is 1. The molecule has 4 nitrogen and oxygen atoms in total. The normalized spacial score (nSPS) is 10.9. The monoisotopic (exact) mass is 351 g/mol. The van der Waals surface area contributed by atoms with E-state index in [-0.39, 0.29) is 5.56 Å². The fourth-order valence-corrected chi connectivity index (χ4v) is 2.43. The maximum absolute atomic E-state index is 10.9. The Kier molecular flexibility index (Phi) is 3.23. The van der Waals surface area contributed by atoms with Gasteiger partial charge in [0.2, 0.25) is 5.89 Å². The minimum absolute atomic E-state index is 0.169. The number of aromatic carboxylic acids is 1. The van der Waals surface area contributed by atoms with Crippen LogP contribution in [0.1, 0.15) is 10.4 Å². The van der Waals surface area contributed by atoms with E-state index in [2.05, 4.69) is 20.9 Å². The van der Waals surface area contributed by atoms with Crippen molar-refractivity contribution < 1.29 is 14.3 Å². The molecule has 1 N–H and O–H groups in total. The zero-order valence-corrected chi connectivity index (χ0v) is 12.3. The molecule has 20 heavy (non-hydrogen) atoms. The Hall–Kier alpha value is -1.85. The number of aromatic nitrogens is 1. The predicted molar refractivity (Wildman–Crippen MR) is 79.1 cm³/mol. The molecular formula is C14H7BrClNO3. The van der Waals surface area contributed by atoms with Gasteiger partial charge in [0, 0.05) is 9.50 Å². The summed E-state index contributed by atoms with van der Waals surface area (Å²) >= 11 is 9.37. The first-order chi connectivity index (χ1) is 9.54. The standard InChI is InChI=1S/C14H7BrClNO3/c15-10-3-2-8(16)6-9(10)13-17-11-5-7(14(18)19)1-4-12(11)20-13/h1-6H,(H,18,19). The van der Waals surface area contributed by atoms with Crippen molar-refractivity contribution in [2.75, 3.05) is 0 Å². The molecule has 2 aromatic carbocycles. The number of fused-ring (bicyclic) bond motifs is 1. The molecule has 3 rings (SSSR count). The Labute approximate surface area is 127 Å². The van der Waals surface area contributed by atoms with E-state index in [1.54, 1.807) is 24.3 Å². The Morgan fingerprint density at radius 3 is 2.80 bits per heavy atom. The highest BCUT2D eigenvalue weighted by molar-refractivity contribution is 9.10. The van der Waals surface area contributed by atoms with E-state index in [9.17, 15) is 4.79 Å². The average Bonchev–Trinajstić information content (AvgIpc) is 2.83. The molecule has 0 spiro atoms. The Morgan fingerprint density at radius 1 is 1.25 bits per heavy atom. The molecule has 100 valence electrons. The highest BCUT2D eigenvalue weighted by Crippen LogP contribution is 2.32. The zero-order chi connectivity index (χ0) is 14.3. The first kappa shape index (κ1) is 13.1. The summed E-state index contributed by atoms with van der Waals surface area (Å²) in [6.45, 7) is 0. The molecule has 0 saturated carbocycles. The number of halogens is 2. The molecular weight excluding hydrogens is 346 g/mol. The number of carboxylic acid groups (broad SMARTS) is 1. The molecule has 0 aliphatic rings. The molecule has 0 saturated heterocycles. The second kappa shape index (κ2) is 4.92. The second-order valence-corrected chi connectivity index (χ2v) is 5.42. The Morgan fingerprint density at radius 2 is 2.05 bits per heavy atom. The zero-order valence-electron chi connectivity index (χ0n) is 9.93. The van der Waals surface area contributed by atoms with E-state index >= 15 is 0 Å². The van der Waals surface area contributed by atoms with Crippen LogP contribution in [0.3, 0.4) is 0 Å². The van der Waals surface area contributed by atoms with Gasteiger partial charge in [0.15, 0.2) is 5.58 Å². The lowest BCUT2D eigenvalue weighted by molar-refractivity contribution is 0.0697. The fourth-order valence-electron chi connectivity index (χ4n) is 1.84. The first-order valence-electron chi connectivity index (χ1n) is 5.64. The van der Waals surface area contributed by atoms with Crippen molar-refractivity contribution in [3.8, 4) is 11.5 Å². The van der Waals surface area contributed by atoms with Gasteiger partial charge in [0.1, 0.15) is 5.52 Å². The van der Waals surface area contributed by atoms with Crippen LogP contribution in [0.25, 0.3) is 22.6 Å². The SMILES string of the molecule is O=C(O)c1ccc2oc(-c3cc(Cl)ccc3Br)nc2c1.